The van der Waals surface area contributed by atoms with Crippen LogP contribution in [0.2, 0.25) is 0 Å². The van der Waals surface area contributed by atoms with E-state index in [0.717, 1.165) is 16.6 Å². The van der Waals surface area contributed by atoms with Crippen LogP contribution in [0.4, 0.5) is 0 Å². The van der Waals surface area contributed by atoms with E-state index in [2.05, 4.69) is 16.0 Å². The van der Waals surface area contributed by atoms with Gasteiger partial charge < -0.3 is 19.2 Å². The number of aromatic amines is 1. The van der Waals surface area contributed by atoms with Crippen LogP contribution >= 0.6 is 0 Å². The molecule has 6 heteroatoms. The number of nitrogens with zero attached hydrogens (tertiary/aromatic N) is 2. The number of imidazole rings is 1. The minimum absolute atomic E-state index is 0.412. The molecule has 0 saturated carbocycles. The molecule has 0 fully saturated rings. The summed E-state index contributed by atoms with van der Waals surface area (Å²) in [5, 5.41) is 9.59. The van der Waals surface area contributed by atoms with Gasteiger partial charge in [-0.25, -0.2) is 4.98 Å². The first-order valence-corrected chi connectivity index (χ1v) is 8.15. The van der Waals surface area contributed by atoms with Crippen LogP contribution in [0.5, 0.6) is 17.2 Å². The van der Waals surface area contributed by atoms with Crippen molar-refractivity contribution in [2.75, 3.05) is 20.8 Å². The number of para-hydroxylation sites is 2. The van der Waals surface area contributed by atoms with Crippen LogP contribution in [0.3, 0.4) is 0 Å². The summed E-state index contributed by atoms with van der Waals surface area (Å²) in [6.45, 7) is 2.38. The predicted octanol–water partition coefficient (Wildman–Crippen LogP) is 4.04. The normalized spacial score (nSPS) is 11.2. The van der Waals surface area contributed by atoms with Gasteiger partial charge in [-0.15, -0.1) is 0 Å². The highest BCUT2D eigenvalue weighted by Gasteiger charge is 2.14. The number of nitrogens with one attached hydrogen (secondary N) is 1. The summed E-state index contributed by atoms with van der Waals surface area (Å²) in [6, 6.07) is 13.4. The Morgan fingerprint density at radius 3 is 2.46 bits per heavy atom. The largest absolute Gasteiger partial charge is 0.493 e. The molecule has 2 aromatic carbocycles. The van der Waals surface area contributed by atoms with Crippen molar-refractivity contribution in [3.63, 3.8) is 0 Å². The molecule has 0 aliphatic rings. The molecular formula is C20H19N3O3. The second kappa shape index (κ2) is 7.62. The number of hydrogen-bond acceptors (Lipinski definition) is 5. The monoisotopic (exact) mass is 349 g/mol. The van der Waals surface area contributed by atoms with E-state index in [0.29, 0.717) is 35.3 Å². The zero-order valence-electron chi connectivity index (χ0n) is 14.9. The molecule has 1 N–H and O–H groups in total. The van der Waals surface area contributed by atoms with Gasteiger partial charge in [0.25, 0.3) is 0 Å². The summed E-state index contributed by atoms with van der Waals surface area (Å²) in [5.74, 6) is 2.14. The van der Waals surface area contributed by atoms with Gasteiger partial charge in [-0.2, -0.15) is 5.26 Å². The van der Waals surface area contributed by atoms with Crippen molar-refractivity contribution in [2.24, 2.45) is 0 Å². The smallest absolute Gasteiger partial charge is 0.203 e. The van der Waals surface area contributed by atoms with Gasteiger partial charge >= 0.3 is 0 Å². The highest BCUT2D eigenvalue weighted by molar-refractivity contribution is 5.90. The summed E-state index contributed by atoms with van der Waals surface area (Å²) >= 11 is 0. The first-order valence-electron chi connectivity index (χ1n) is 8.15. The van der Waals surface area contributed by atoms with E-state index < -0.39 is 0 Å². The van der Waals surface area contributed by atoms with E-state index >= 15 is 0 Å². The fourth-order valence-electron chi connectivity index (χ4n) is 2.67. The third-order valence-corrected chi connectivity index (χ3v) is 3.85. The van der Waals surface area contributed by atoms with Crippen molar-refractivity contribution in [1.29, 1.82) is 5.26 Å². The van der Waals surface area contributed by atoms with Crippen LogP contribution in [0.25, 0.3) is 22.7 Å². The van der Waals surface area contributed by atoms with Crippen molar-refractivity contribution in [3.8, 4) is 23.3 Å². The summed E-state index contributed by atoms with van der Waals surface area (Å²) < 4.78 is 16.4. The Hall–Kier alpha value is -3.46. The average Bonchev–Trinajstić information content (AvgIpc) is 3.10. The van der Waals surface area contributed by atoms with E-state index in [1.165, 1.54) is 0 Å². The molecule has 3 rings (SSSR count). The van der Waals surface area contributed by atoms with E-state index in [9.17, 15) is 5.26 Å². The molecule has 132 valence electrons. The topological polar surface area (TPSA) is 80.2 Å². The molecule has 6 nitrogen and oxygen atoms in total. The van der Waals surface area contributed by atoms with Crippen LogP contribution < -0.4 is 14.2 Å². The molecule has 0 bridgehead atoms. The highest BCUT2D eigenvalue weighted by atomic mass is 16.5. The van der Waals surface area contributed by atoms with Gasteiger partial charge in [0.15, 0.2) is 11.5 Å². The first-order chi connectivity index (χ1) is 12.7. The van der Waals surface area contributed by atoms with Crippen molar-refractivity contribution >= 4 is 22.7 Å². The van der Waals surface area contributed by atoms with Gasteiger partial charge in [0, 0.05) is 0 Å². The second-order valence-electron chi connectivity index (χ2n) is 5.46. The third kappa shape index (κ3) is 3.33. The molecule has 0 atom stereocenters. The summed E-state index contributed by atoms with van der Waals surface area (Å²) in [6.07, 6.45) is 1.73. The van der Waals surface area contributed by atoms with Crippen LogP contribution in [0, 0.1) is 11.3 Å². The molecule has 0 aliphatic heterocycles. The number of ether oxygens (including phenoxy) is 3. The minimum atomic E-state index is 0.412. The Balaban J connectivity index is 2.07. The summed E-state index contributed by atoms with van der Waals surface area (Å²) in [5.41, 5.74) is 2.85. The Morgan fingerprint density at radius 2 is 1.88 bits per heavy atom. The quantitative estimate of drug-likeness (QED) is 0.679. The van der Waals surface area contributed by atoms with E-state index in [1.54, 1.807) is 32.4 Å². The van der Waals surface area contributed by atoms with Gasteiger partial charge in [0.1, 0.15) is 11.9 Å². The Bertz CT molecular complexity index is 941. The SMILES string of the molecule is CCOc1c(OC)cc(C=C(C#N)c2nc3ccccc3[nH]2)cc1OC. The lowest BCUT2D eigenvalue weighted by molar-refractivity contribution is 0.288. The Morgan fingerprint density at radius 1 is 1.19 bits per heavy atom. The van der Waals surface area contributed by atoms with E-state index in [-0.39, 0.29) is 0 Å². The van der Waals surface area contributed by atoms with E-state index in [1.807, 2.05) is 31.2 Å². The maximum Gasteiger partial charge on any atom is 0.203 e. The lowest BCUT2D eigenvalue weighted by Gasteiger charge is -2.14. The maximum absolute atomic E-state index is 9.59. The van der Waals surface area contributed by atoms with Crippen molar-refractivity contribution in [3.05, 3.63) is 47.8 Å². The van der Waals surface area contributed by atoms with Crippen LogP contribution in [-0.4, -0.2) is 30.8 Å². The number of aromatic nitrogens is 2. The molecule has 0 amide bonds. The Labute approximate surface area is 151 Å². The van der Waals surface area contributed by atoms with Gasteiger partial charge in [0.2, 0.25) is 5.75 Å². The fraction of sp³-hybridized carbons (Fsp3) is 0.200. The molecule has 3 aromatic rings. The average molecular weight is 349 g/mol. The van der Waals surface area contributed by atoms with Crippen LogP contribution in [0.15, 0.2) is 36.4 Å². The number of hydrogen-bond donors (Lipinski definition) is 1. The lowest BCUT2D eigenvalue weighted by atomic mass is 10.1. The van der Waals surface area contributed by atoms with Crippen LogP contribution in [-0.2, 0) is 0 Å². The van der Waals surface area contributed by atoms with Crippen molar-refractivity contribution in [1.82, 2.24) is 9.97 Å². The van der Waals surface area contributed by atoms with Crippen molar-refractivity contribution in [2.45, 2.75) is 6.92 Å². The second-order valence-corrected chi connectivity index (χ2v) is 5.46. The zero-order valence-corrected chi connectivity index (χ0v) is 14.9. The number of benzene rings is 2. The van der Waals surface area contributed by atoms with Gasteiger partial charge in [-0.3, -0.25) is 0 Å². The van der Waals surface area contributed by atoms with Gasteiger partial charge in [-0.1, -0.05) is 12.1 Å². The van der Waals surface area contributed by atoms with Gasteiger partial charge in [0.05, 0.1) is 37.4 Å². The number of nitriles is 1. The zero-order chi connectivity index (χ0) is 18.5. The molecule has 26 heavy (non-hydrogen) atoms. The maximum atomic E-state index is 9.59. The Kier molecular flexibility index (Phi) is 5.09. The number of methoxy groups -OCH3 is 2. The molecule has 0 saturated heterocycles. The number of allylic oxidation sites excluding steroid dienone is 1. The molecule has 0 radical (unpaired) electrons. The number of fused-ring (bicyclic) bond motifs is 1. The van der Waals surface area contributed by atoms with Crippen molar-refractivity contribution < 1.29 is 14.2 Å². The minimum Gasteiger partial charge on any atom is -0.493 e. The van der Waals surface area contributed by atoms with Crippen LogP contribution in [0.1, 0.15) is 18.3 Å². The molecule has 1 aromatic heterocycles. The molecule has 0 spiro atoms. The highest BCUT2D eigenvalue weighted by Crippen LogP contribution is 2.39. The first kappa shape index (κ1) is 17.4. The third-order valence-electron chi connectivity index (χ3n) is 3.85. The predicted molar refractivity (Wildman–Crippen MR) is 100 cm³/mol. The standard InChI is InChI=1S/C20H19N3O3/c1-4-26-19-17(24-2)10-13(11-18(19)25-3)9-14(12-21)20-22-15-7-5-6-8-16(15)23-20/h5-11H,4H2,1-3H3,(H,22,23). The van der Waals surface area contributed by atoms with Gasteiger partial charge in [-0.05, 0) is 42.8 Å². The fourth-order valence-corrected chi connectivity index (χ4v) is 2.67. The summed E-state index contributed by atoms with van der Waals surface area (Å²) in [7, 11) is 3.13. The number of H-pyrrole nitrogens is 1. The summed E-state index contributed by atoms with van der Waals surface area (Å²) in [4.78, 5) is 7.65. The van der Waals surface area contributed by atoms with E-state index in [4.69, 9.17) is 14.2 Å². The molecule has 0 unspecified atom stereocenters. The molecular weight excluding hydrogens is 330 g/mol. The molecule has 0 aliphatic carbocycles. The lowest BCUT2D eigenvalue weighted by Crippen LogP contribution is -1.99. The molecule has 1 heterocycles. The number of rotatable bonds is 6.